The Morgan fingerprint density at radius 2 is 1.76 bits per heavy atom. The molecule has 192 valence electrons. The summed E-state index contributed by atoms with van der Waals surface area (Å²) in [4.78, 5) is 28.8. The summed E-state index contributed by atoms with van der Waals surface area (Å²) in [6, 6.07) is 17.2. The number of fused-ring (bicyclic) bond motifs is 1. The van der Waals surface area contributed by atoms with Crippen LogP contribution in [-0.2, 0) is 17.9 Å². The van der Waals surface area contributed by atoms with E-state index in [1.54, 1.807) is 19.9 Å². The van der Waals surface area contributed by atoms with Crippen LogP contribution in [0.2, 0.25) is 0 Å². The summed E-state index contributed by atoms with van der Waals surface area (Å²) in [5.74, 6) is -1.09. The fourth-order valence-corrected chi connectivity index (χ4v) is 4.22. The molecule has 4 aromatic rings. The molecule has 8 heteroatoms. The lowest BCUT2D eigenvalue weighted by atomic mass is 10.1. The minimum atomic E-state index is -2.92. The normalized spacial score (nSPS) is 11.4. The van der Waals surface area contributed by atoms with E-state index in [1.807, 2.05) is 19.1 Å². The van der Waals surface area contributed by atoms with Gasteiger partial charge in [0.2, 0.25) is 5.91 Å². The van der Waals surface area contributed by atoms with E-state index in [1.165, 1.54) is 17.8 Å². The van der Waals surface area contributed by atoms with Gasteiger partial charge in [0.1, 0.15) is 5.69 Å². The van der Waals surface area contributed by atoms with Gasteiger partial charge in [-0.15, -0.1) is 0 Å². The first-order valence-electron chi connectivity index (χ1n) is 12.2. The molecular weight excluding hydrogens is 474 g/mol. The van der Waals surface area contributed by atoms with Gasteiger partial charge in [-0.2, -0.15) is 0 Å². The minimum Gasteiger partial charge on any atom is -0.352 e. The van der Waals surface area contributed by atoms with E-state index in [0.29, 0.717) is 11.3 Å². The summed E-state index contributed by atoms with van der Waals surface area (Å²) in [5.41, 5.74) is 4.45. The summed E-state index contributed by atoms with van der Waals surface area (Å²) in [7, 11) is 0. The van der Waals surface area contributed by atoms with Crippen molar-refractivity contribution in [3.8, 4) is 11.3 Å². The zero-order valence-corrected chi connectivity index (χ0v) is 21.3. The van der Waals surface area contributed by atoms with E-state index in [0.717, 1.165) is 28.7 Å². The standard InChI is InChI=1S/C29H30F2N4O2/c1-5-35-24-11-10-22(13-21(24)14-25(35)20-8-6-18(4)7-9-20)34-29(37)23-12-19(15-32-26(23)27(30)31)16-33-28(36)17(2)3/h6-15,17,27H,5,16H2,1-4H3,(H,33,36)(H,34,37). The highest BCUT2D eigenvalue weighted by molar-refractivity contribution is 6.06. The number of nitrogens with one attached hydrogen (secondary N) is 2. The molecule has 0 aliphatic carbocycles. The number of rotatable bonds is 8. The monoisotopic (exact) mass is 504 g/mol. The molecule has 2 N–H and O–H groups in total. The molecule has 0 unspecified atom stereocenters. The van der Waals surface area contributed by atoms with Gasteiger partial charge in [0, 0.05) is 47.5 Å². The van der Waals surface area contributed by atoms with Crippen molar-refractivity contribution in [2.24, 2.45) is 5.92 Å². The molecule has 4 rings (SSSR count). The van der Waals surface area contributed by atoms with Gasteiger partial charge in [0.25, 0.3) is 12.3 Å². The third-order valence-electron chi connectivity index (χ3n) is 6.24. The van der Waals surface area contributed by atoms with Crippen LogP contribution in [0.5, 0.6) is 0 Å². The van der Waals surface area contributed by atoms with E-state index in [9.17, 15) is 18.4 Å². The van der Waals surface area contributed by atoms with Crippen molar-refractivity contribution < 1.29 is 18.4 Å². The van der Waals surface area contributed by atoms with Gasteiger partial charge in [0.15, 0.2) is 0 Å². The number of carbonyl (C=O) groups is 2. The molecule has 0 spiro atoms. The zero-order chi connectivity index (χ0) is 26.7. The van der Waals surface area contributed by atoms with Gasteiger partial charge in [-0.3, -0.25) is 14.6 Å². The Balaban J connectivity index is 1.62. The molecule has 0 saturated carbocycles. The molecule has 37 heavy (non-hydrogen) atoms. The molecule has 0 aliphatic rings. The topological polar surface area (TPSA) is 76.0 Å². The van der Waals surface area contributed by atoms with Crippen LogP contribution < -0.4 is 10.6 Å². The largest absolute Gasteiger partial charge is 0.352 e. The number of carbonyl (C=O) groups excluding carboxylic acids is 2. The molecule has 0 saturated heterocycles. The molecule has 0 atom stereocenters. The summed E-state index contributed by atoms with van der Waals surface area (Å²) in [5, 5.41) is 6.38. The Labute approximate surface area is 214 Å². The second-order valence-corrected chi connectivity index (χ2v) is 9.32. The average molecular weight is 505 g/mol. The van der Waals surface area contributed by atoms with Gasteiger partial charge >= 0.3 is 0 Å². The zero-order valence-electron chi connectivity index (χ0n) is 21.3. The highest BCUT2D eigenvalue weighted by Gasteiger charge is 2.21. The molecule has 0 radical (unpaired) electrons. The van der Waals surface area contributed by atoms with Crippen LogP contribution in [0.4, 0.5) is 14.5 Å². The lowest BCUT2D eigenvalue weighted by molar-refractivity contribution is -0.124. The van der Waals surface area contributed by atoms with Crippen molar-refractivity contribution in [2.45, 2.75) is 47.2 Å². The van der Waals surface area contributed by atoms with Gasteiger partial charge < -0.3 is 15.2 Å². The molecule has 0 aliphatic heterocycles. The van der Waals surface area contributed by atoms with E-state index >= 15 is 0 Å². The van der Waals surface area contributed by atoms with Crippen molar-refractivity contribution in [3.63, 3.8) is 0 Å². The quantitative estimate of drug-likeness (QED) is 0.288. The Bertz CT molecular complexity index is 1440. The molecule has 2 heterocycles. The number of alkyl halides is 2. The van der Waals surface area contributed by atoms with Crippen LogP contribution in [0, 0.1) is 12.8 Å². The maximum Gasteiger partial charge on any atom is 0.281 e. The Hall–Kier alpha value is -4.07. The predicted molar refractivity (Wildman–Crippen MR) is 142 cm³/mol. The third-order valence-corrected chi connectivity index (χ3v) is 6.24. The van der Waals surface area contributed by atoms with Crippen molar-refractivity contribution in [1.82, 2.24) is 14.9 Å². The second-order valence-electron chi connectivity index (χ2n) is 9.32. The maximum atomic E-state index is 13.6. The number of hydrogen-bond donors (Lipinski definition) is 2. The molecule has 2 aromatic heterocycles. The molecule has 0 bridgehead atoms. The third kappa shape index (κ3) is 5.69. The van der Waals surface area contributed by atoms with Gasteiger partial charge in [-0.1, -0.05) is 43.7 Å². The van der Waals surface area contributed by atoms with Crippen LogP contribution in [0.25, 0.3) is 22.2 Å². The highest BCUT2D eigenvalue weighted by atomic mass is 19.3. The van der Waals surface area contributed by atoms with E-state index in [2.05, 4.69) is 57.4 Å². The van der Waals surface area contributed by atoms with Crippen LogP contribution in [0.15, 0.2) is 60.8 Å². The Morgan fingerprint density at radius 1 is 1.03 bits per heavy atom. The Kier molecular flexibility index (Phi) is 7.66. The number of nitrogens with zero attached hydrogens (tertiary/aromatic N) is 2. The van der Waals surface area contributed by atoms with Crippen LogP contribution in [0.1, 0.15) is 54.4 Å². The van der Waals surface area contributed by atoms with Crippen molar-refractivity contribution in [3.05, 3.63) is 83.2 Å². The maximum absolute atomic E-state index is 13.6. The molecule has 6 nitrogen and oxygen atoms in total. The summed E-state index contributed by atoms with van der Waals surface area (Å²) >= 11 is 0. The number of aryl methyl sites for hydroxylation is 2. The lowest BCUT2D eigenvalue weighted by Crippen LogP contribution is -2.27. The smallest absolute Gasteiger partial charge is 0.281 e. The first-order valence-corrected chi connectivity index (χ1v) is 12.2. The van der Waals surface area contributed by atoms with Gasteiger partial charge in [-0.25, -0.2) is 8.78 Å². The number of benzene rings is 2. The van der Waals surface area contributed by atoms with E-state index < -0.39 is 18.0 Å². The number of pyridine rings is 1. The first-order chi connectivity index (χ1) is 17.7. The summed E-state index contributed by atoms with van der Waals surface area (Å²) in [6.45, 7) is 8.47. The number of aromatic nitrogens is 2. The Morgan fingerprint density at radius 3 is 2.41 bits per heavy atom. The van der Waals surface area contributed by atoms with Gasteiger partial charge in [-0.05, 0) is 55.3 Å². The fourth-order valence-electron chi connectivity index (χ4n) is 4.22. The molecule has 0 fully saturated rings. The van der Waals surface area contributed by atoms with Crippen molar-refractivity contribution >= 4 is 28.4 Å². The lowest BCUT2D eigenvalue weighted by Gasteiger charge is -2.13. The van der Waals surface area contributed by atoms with Crippen LogP contribution >= 0.6 is 0 Å². The predicted octanol–water partition coefficient (Wildman–Crippen LogP) is 6.49. The average Bonchev–Trinajstić information content (AvgIpc) is 3.25. The van der Waals surface area contributed by atoms with Crippen molar-refractivity contribution in [1.29, 1.82) is 0 Å². The van der Waals surface area contributed by atoms with Crippen LogP contribution in [-0.4, -0.2) is 21.4 Å². The number of hydrogen-bond acceptors (Lipinski definition) is 3. The molecule has 2 aromatic carbocycles. The fraction of sp³-hybridized carbons (Fsp3) is 0.276. The first kappa shape index (κ1) is 26.0. The summed E-state index contributed by atoms with van der Waals surface area (Å²) in [6.07, 6.45) is -1.66. The van der Waals surface area contributed by atoms with Crippen LogP contribution in [0.3, 0.4) is 0 Å². The number of halogens is 2. The minimum absolute atomic E-state index is 0.0894. The SMILES string of the molecule is CCn1c(-c2ccc(C)cc2)cc2cc(NC(=O)c3cc(CNC(=O)C(C)C)cnc3C(F)F)ccc21. The molecular formula is C29H30F2N4O2. The van der Waals surface area contributed by atoms with E-state index in [-0.39, 0.29) is 23.9 Å². The van der Waals surface area contributed by atoms with Gasteiger partial charge in [0.05, 0.1) is 5.56 Å². The highest BCUT2D eigenvalue weighted by Crippen LogP contribution is 2.31. The van der Waals surface area contributed by atoms with E-state index in [4.69, 9.17) is 0 Å². The van der Waals surface area contributed by atoms with Crippen molar-refractivity contribution in [2.75, 3.05) is 5.32 Å². The molecule has 2 amide bonds. The number of anilines is 1. The number of amides is 2. The second kappa shape index (κ2) is 10.9. The summed E-state index contributed by atoms with van der Waals surface area (Å²) < 4.78 is 29.5.